The zero-order valence-electron chi connectivity index (χ0n) is 10.5. The molecule has 0 saturated carbocycles. The lowest BCUT2D eigenvalue weighted by molar-refractivity contribution is -0.124. The molecule has 0 aliphatic carbocycles. The van der Waals surface area contributed by atoms with Crippen molar-refractivity contribution in [2.24, 2.45) is 5.73 Å². The fourth-order valence-electron chi connectivity index (χ4n) is 2.09. The van der Waals surface area contributed by atoms with E-state index < -0.39 is 6.04 Å². The van der Waals surface area contributed by atoms with E-state index in [-0.39, 0.29) is 24.4 Å². The number of rotatable bonds is 3. The van der Waals surface area contributed by atoms with Gasteiger partial charge in [0.25, 0.3) is 0 Å². The van der Waals surface area contributed by atoms with Crippen LogP contribution in [0.2, 0.25) is 0 Å². The van der Waals surface area contributed by atoms with Crippen LogP contribution < -0.4 is 16.0 Å². The van der Waals surface area contributed by atoms with E-state index in [4.69, 9.17) is 5.73 Å². The first kappa shape index (κ1) is 12.6. The Hall–Kier alpha value is -1.88. The zero-order valence-corrected chi connectivity index (χ0v) is 10.5. The highest BCUT2D eigenvalue weighted by Crippen LogP contribution is 2.33. The van der Waals surface area contributed by atoms with E-state index in [9.17, 15) is 9.59 Å². The van der Waals surface area contributed by atoms with Crippen LogP contribution in [0.4, 0.5) is 5.69 Å². The van der Waals surface area contributed by atoms with E-state index >= 15 is 0 Å². The maximum Gasteiger partial charge on any atom is 0.249 e. The Morgan fingerprint density at radius 2 is 2.11 bits per heavy atom. The highest BCUT2D eigenvalue weighted by atomic mass is 16.2. The smallest absolute Gasteiger partial charge is 0.249 e. The molecular formula is C13H17N3O2. The van der Waals surface area contributed by atoms with E-state index in [1.54, 1.807) is 0 Å². The van der Waals surface area contributed by atoms with Gasteiger partial charge in [-0.05, 0) is 19.9 Å². The van der Waals surface area contributed by atoms with Gasteiger partial charge in [0.15, 0.2) is 0 Å². The normalized spacial score (nSPS) is 18.1. The van der Waals surface area contributed by atoms with E-state index in [0.717, 1.165) is 11.3 Å². The van der Waals surface area contributed by atoms with Crippen molar-refractivity contribution >= 4 is 17.5 Å². The van der Waals surface area contributed by atoms with Gasteiger partial charge < -0.3 is 16.0 Å². The van der Waals surface area contributed by atoms with Crippen LogP contribution in [0.5, 0.6) is 0 Å². The van der Waals surface area contributed by atoms with E-state index in [1.807, 2.05) is 38.1 Å². The molecule has 5 nitrogen and oxygen atoms in total. The van der Waals surface area contributed by atoms with Gasteiger partial charge in [0, 0.05) is 17.3 Å². The molecular weight excluding hydrogens is 230 g/mol. The third-order valence-corrected chi connectivity index (χ3v) is 2.85. The predicted molar refractivity (Wildman–Crippen MR) is 69.0 cm³/mol. The molecule has 2 rings (SSSR count). The topological polar surface area (TPSA) is 75.4 Å². The van der Waals surface area contributed by atoms with Crippen LogP contribution in [-0.2, 0) is 9.59 Å². The Balaban J connectivity index is 2.19. The van der Waals surface area contributed by atoms with Crippen LogP contribution in [0, 0.1) is 0 Å². The average Bonchev–Trinajstić information content (AvgIpc) is 2.54. The van der Waals surface area contributed by atoms with Gasteiger partial charge >= 0.3 is 0 Å². The Bertz CT molecular complexity index is 485. The molecule has 1 aromatic carbocycles. The summed E-state index contributed by atoms with van der Waals surface area (Å²) in [4.78, 5) is 25.2. The maximum absolute atomic E-state index is 12.0. The predicted octanol–water partition coefficient (Wildman–Crippen LogP) is 0.558. The second-order valence-corrected chi connectivity index (χ2v) is 4.68. The molecule has 1 atom stereocenters. The van der Waals surface area contributed by atoms with Crippen molar-refractivity contribution in [1.29, 1.82) is 0 Å². The van der Waals surface area contributed by atoms with Gasteiger partial charge in [-0.1, -0.05) is 18.2 Å². The number of anilines is 1. The van der Waals surface area contributed by atoms with Crippen molar-refractivity contribution in [3.63, 3.8) is 0 Å². The largest absolute Gasteiger partial charge is 0.352 e. The number of hydrogen-bond acceptors (Lipinski definition) is 3. The van der Waals surface area contributed by atoms with E-state index in [0.29, 0.717) is 0 Å². The van der Waals surface area contributed by atoms with Crippen molar-refractivity contribution in [3.8, 4) is 0 Å². The van der Waals surface area contributed by atoms with Gasteiger partial charge in [0.1, 0.15) is 12.6 Å². The molecule has 0 bridgehead atoms. The van der Waals surface area contributed by atoms with Gasteiger partial charge in [-0.3, -0.25) is 9.59 Å². The molecule has 18 heavy (non-hydrogen) atoms. The number of nitrogens with two attached hydrogens (primary N) is 1. The van der Waals surface area contributed by atoms with Crippen molar-refractivity contribution in [2.75, 3.05) is 11.4 Å². The zero-order chi connectivity index (χ0) is 13.3. The number of carbonyl (C=O) groups excluding carboxylic acids is 2. The van der Waals surface area contributed by atoms with Gasteiger partial charge in [-0.15, -0.1) is 0 Å². The van der Waals surface area contributed by atoms with Gasteiger partial charge in [-0.2, -0.15) is 0 Å². The molecule has 0 saturated heterocycles. The number of hydrogen-bond donors (Lipinski definition) is 2. The lowest BCUT2D eigenvalue weighted by Crippen LogP contribution is -2.42. The molecule has 5 heteroatoms. The van der Waals surface area contributed by atoms with Crippen LogP contribution in [0.25, 0.3) is 0 Å². The van der Waals surface area contributed by atoms with E-state index in [1.165, 1.54) is 4.90 Å². The van der Waals surface area contributed by atoms with Crippen molar-refractivity contribution in [3.05, 3.63) is 29.8 Å². The summed E-state index contributed by atoms with van der Waals surface area (Å²) >= 11 is 0. The number of benzene rings is 1. The Labute approximate surface area is 106 Å². The third-order valence-electron chi connectivity index (χ3n) is 2.85. The quantitative estimate of drug-likeness (QED) is 0.819. The summed E-state index contributed by atoms with van der Waals surface area (Å²) in [7, 11) is 0. The molecule has 1 aliphatic heterocycles. The molecule has 0 spiro atoms. The molecule has 1 aliphatic rings. The van der Waals surface area contributed by atoms with Crippen LogP contribution >= 0.6 is 0 Å². The minimum absolute atomic E-state index is 0.0156. The minimum atomic E-state index is -0.659. The van der Waals surface area contributed by atoms with Crippen molar-refractivity contribution < 1.29 is 9.59 Å². The standard InChI is InChI=1S/C13H17N3O2/c1-8(2)15-11(17)7-16-10-6-4-3-5-9(10)12(14)13(16)18/h3-6,8,12H,7,14H2,1-2H3,(H,15,17). The highest BCUT2D eigenvalue weighted by molar-refractivity contribution is 6.07. The van der Waals surface area contributed by atoms with Crippen molar-refractivity contribution in [1.82, 2.24) is 5.32 Å². The van der Waals surface area contributed by atoms with Crippen molar-refractivity contribution in [2.45, 2.75) is 25.9 Å². The first-order chi connectivity index (χ1) is 8.50. The summed E-state index contributed by atoms with van der Waals surface area (Å²) in [5, 5.41) is 2.76. The molecule has 0 aromatic heterocycles. The number of fused-ring (bicyclic) bond motifs is 1. The minimum Gasteiger partial charge on any atom is -0.352 e. The fourth-order valence-corrected chi connectivity index (χ4v) is 2.09. The Morgan fingerprint density at radius 1 is 1.44 bits per heavy atom. The highest BCUT2D eigenvalue weighted by Gasteiger charge is 2.35. The van der Waals surface area contributed by atoms with Gasteiger partial charge in [0.2, 0.25) is 11.8 Å². The summed E-state index contributed by atoms with van der Waals surface area (Å²) in [6.07, 6.45) is 0. The number of carbonyl (C=O) groups is 2. The average molecular weight is 247 g/mol. The van der Waals surface area contributed by atoms with Gasteiger partial charge in [0.05, 0.1) is 0 Å². The third kappa shape index (κ3) is 2.22. The number of amides is 2. The maximum atomic E-state index is 12.0. The molecule has 0 fully saturated rings. The fraction of sp³-hybridized carbons (Fsp3) is 0.385. The SMILES string of the molecule is CC(C)NC(=O)CN1C(=O)C(N)c2ccccc21. The summed E-state index contributed by atoms with van der Waals surface area (Å²) in [6.45, 7) is 3.77. The lowest BCUT2D eigenvalue weighted by atomic mass is 10.1. The Kier molecular flexibility index (Phi) is 3.34. The molecule has 1 aromatic rings. The first-order valence-corrected chi connectivity index (χ1v) is 5.96. The molecule has 96 valence electrons. The van der Waals surface area contributed by atoms with Gasteiger partial charge in [-0.25, -0.2) is 0 Å². The summed E-state index contributed by atoms with van der Waals surface area (Å²) < 4.78 is 0. The number of nitrogens with one attached hydrogen (secondary N) is 1. The van der Waals surface area contributed by atoms with Crippen LogP contribution in [-0.4, -0.2) is 24.4 Å². The second kappa shape index (κ2) is 4.78. The lowest BCUT2D eigenvalue weighted by Gasteiger charge is -2.18. The summed E-state index contributed by atoms with van der Waals surface area (Å²) in [5.41, 5.74) is 7.34. The monoisotopic (exact) mass is 247 g/mol. The van der Waals surface area contributed by atoms with Crippen LogP contribution in [0.3, 0.4) is 0 Å². The van der Waals surface area contributed by atoms with E-state index in [2.05, 4.69) is 5.32 Å². The molecule has 3 N–H and O–H groups in total. The molecule has 2 amide bonds. The Morgan fingerprint density at radius 3 is 2.78 bits per heavy atom. The van der Waals surface area contributed by atoms with Crippen LogP contribution in [0.1, 0.15) is 25.5 Å². The first-order valence-electron chi connectivity index (χ1n) is 5.96. The molecule has 1 unspecified atom stereocenters. The number of nitrogens with zero attached hydrogens (tertiary/aromatic N) is 1. The number of para-hydroxylation sites is 1. The molecule has 1 heterocycles. The molecule has 0 radical (unpaired) electrons. The second-order valence-electron chi connectivity index (χ2n) is 4.68. The summed E-state index contributed by atoms with van der Waals surface area (Å²) in [6, 6.07) is 6.69. The summed E-state index contributed by atoms with van der Waals surface area (Å²) in [5.74, 6) is -0.405. The van der Waals surface area contributed by atoms with Crippen LogP contribution in [0.15, 0.2) is 24.3 Å².